The first-order valence-corrected chi connectivity index (χ1v) is 8.02. The second-order valence-electron chi connectivity index (χ2n) is 5.12. The predicted octanol–water partition coefficient (Wildman–Crippen LogP) is 2.37. The van der Waals surface area contributed by atoms with E-state index in [-0.39, 0.29) is 0 Å². The van der Waals surface area contributed by atoms with Gasteiger partial charge in [-0.05, 0) is 34.5 Å². The number of hydrogen-bond acceptors (Lipinski definition) is 5. The van der Waals surface area contributed by atoms with Gasteiger partial charge in [0.05, 0.1) is 11.8 Å². The Hall–Kier alpha value is -2.02. The van der Waals surface area contributed by atoms with Gasteiger partial charge in [-0.25, -0.2) is 0 Å². The summed E-state index contributed by atoms with van der Waals surface area (Å²) in [4.78, 5) is 4.04. The van der Waals surface area contributed by atoms with Crippen LogP contribution in [0.4, 0.5) is 0 Å². The number of aliphatic hydroxyl groups excluding tert-OH is 1. The number of nitrogens with one attached hydrogen (secondary N) is 1. The molecule has 22 heavy (non-hydrogen) atoms. The van der Waals surface area contributed by atoms with E-state index >= 15 is 0 Å². The van der Waals surface area contributed by atoms with Crippen LogP contribution in [-0.2, 0) is 13.6 Å². The third kappa shape index (κ3) is 3.41. The molecule has 114 valence electrons. The van der Waals surface area contributed by atoms with Crippen molar-refractivity contribution in [1.29, 1.82) is 0 Å². The highest BCUT2D eigenvalue weighted by Gasteiger charge is 2.11. The smallest absolute Gasteiger partial charge is 0.0969 e. The molecule has 0 aliphatic heterocycles. The summed E-state index contributed by atoms with van der Waals surface area (Å²) in [7, 11) is 1.91. The largest absolute Gasteiger partial charge is 0.387 e. The lowest BCUT2D eigenvalue weighted by atomic mass is 10.1. The Kier molecular flexibility index (Phi) is 4.62. The first kappa shape index (κ1) is 14.9. The molecule has 0 aliphatic carbocycles. The third-order valence-corrected chi connectivity index (χ3v) is 4.14. The summed E-state index contributed by atoms with van der Waals surface area (Å²) in [6.45, 7) is 1.17. The minimum absolute atomic E-state index is 0.479. The number of aryl methyl sites for hydroxylation is 1. The Morgan fingerprint density at radius 2 is 2.14 bits per heavy atom. The van der Waals surface area contributed by atoms with Crippen molar-refractivity contribution in [2.75, 3.05) is 6.54 Å². The molecule has 0 saturated heterocycles. The summed E-state index contributed by atoms with van der Waals surface area (Å²) >= 11 is 1.59. The van der Waals surface area contributed by atoms with Crippen LogP contribution in [0.1, 0.15) is 17.2 Å². The van der Waals surface area contributed by atoms with Crippen LogP contribution in [0.3, 0.4) is 0 Å². The molecule has 0 saturated carbocycles. The van der Waals surface area contributed by atoms with Crippen LogP contribution < -0.4 is 5.32 Å². The Bertz CT molecular complexity index is 709. The Morgan fingerprint density at radius 3 is 2.86 bits per heavy atom. The molecule has 3 aromatic rings. The average Bonchev–Trinajstić information content (AvgIpc) is 3.18. The Morgan fingerprint density at radius 1 is 1.32 bits per heavy atom. The molecule has 0 radical (unpaired) electrons. The summed E-state index contributed by atoms with van der Waals surface area (Å²) in [5, 5.41) is 21.9. The van der Waals surface area contributed by atoms with Gasteiger partial charge < -0.3 is 10.4 Å². The van der Waals surface area contributed by atoms with E-state index in [1.807, 2.05) is 46.9 Å². The molecule has 0 fully saturated rings. The van der Waals surface area contributed by atoms with Gasteiger partial charge in [-0.2, -0.15) is 16.4 Å². The van der Waals surface area contributed by atoms with Crippen molar-refractivity contribution in [2.45, 2.75) is 12.6 Å². The second-order valence-corrected chi connectivity index (χ2v) is 5.90. The molecule has 0 bridgehead atoms. The monoisotopic (exact) mass is 314 g/mol. The predicted molar refractivity (Wildman–Crippen MR) is 87.4 cm³/mol. The SMILES string of the molecule is Cn1cc(CNCC(O)c2ccsc2)c(-c2ccncc2)n1. The van der Waals surface area contributed by atoms with E-state index in [1.165, 1.54) is 0 Å². The maximum absolute atomic E-state index is 10.1. The first-order chi connectivity index (χ1) is 10.7. The van der Waals surface area contributed by atoms with Crippen molar-refractivity contribution < 1.29 is 5.11 Å². The lowest BCUT2D eigenvalue weighted by Gasteiger charge is -2.10. The lowest BCUT2D eigenvalue weighted by Crippen LogP contribution is -2.20. The van der Waals surface area contributed by atoms with Crippen LogP contribution in [0, 0.1) is 0 Å². The summed E-state index contributed by atoms with van der Waals surface area (Å²) in [5.74, 6) is 0. The van der Waals surface area contributed by atoms with Crippen molar-refractivity contribution in [3.8, 4) is 11.3 Å². The topological polar surface area (TPSA) is 63.0 Å². The van der Waals surface area contributed by atoms with Crippen LogP contribution in [0.2, 0.25) is 0 Å². The van der Waals surface area contributed by atoms with E-state index in [1.54, 1.807) is 23.7 Å². The maximum atomic E-state index is 10.1. The number of aliphatic hydroxyl groups is 1. The number of nitrogens with zero attached hydrogens (tertiary/aromatic N) is 3. The number of pyridine rings is 1. The normalized spacial score (nSPS) is 12.5. The maximum Gasteiger partial charge on any atom is 0.0969 e. The van der Waals surface area contributed by atoms with Crippen LogP contribution >= 0.6 is 11.3 Å². The number of rotatable bonds is 6. The van der Waals surface area contributed by atoms with Crippen LogP contribution in [0.25, 0.3) is 11.3 Å². The van der Waals surface area contributed by atoms with E-state index in [0.717, 1.165) is 22.4 Å². The lowest BCUT2D eigenvalue weighted by molar-refractivity contribution is 0.175. The minimum atomic E-state index is -0.479. The fourth-order valence-corrected chi connectivity index (χ4v) is 3.05. The number of aromatic nitrogens is 3. The highest BCUT2D eigenvalue weighted by atomic mass is 32.1. The minimum Gasteiger partial charge on any atom is -0.387 e. The molecular weight excluding hydrogens is 296 g/mol. The van der Waals surface area contributed by atoms with Gasteiger partial charge in [-0.3, -0.25) is 9.67 Å². The molecule has 0 aromatic carbocycles. The van der Waals surface area contributed by atoms with Gasteiger partial charge in [-0.1, -0.05) is 0 Å². The van der Waals surface area contributed by atoms with Gasteiger partial charge in [0.15, 0.2) is 0 Å². The third-order valence-electron chi connectivity index (χ3n) is 3.44. The van der Waals surface area contributed by atoms with Crippen LogP contribution in [-0.4, -0.2) is 26.4 Å². The fraction of sp³-hybridized carbons (Fsp3) is 0.250. The van der Waals surface area contributed by atoms with E-state index in [2.05, 4.69) is 15.4 Å². The molecule has 0 spiro atoms. The molecule has 2 N–H and O–H groups in total. The molecule has 5 nitrogen and oxygen atoms in total. The molecule has 3 rings (SSSR count). The zero-order chi connectivity index (χ0) is 15.4. The molecule has 1 atom stereocenters. The van der Waals surface area contributed by atoms with E-state index in [0.29, 0.717) is 13.1 Å². The van der Waals surface area contributed by atoms with Crippen molar-refractivity contribution >= 4 is 11.3 Å². The Labute approximate surface area is 133 Å². The number of thiophene rings is 1. The summed E-state index contributed by atoms with van der Waals surface area (Å²) in [6.07, 6.45) is 5.05. The molecule has 3 heterocycles. The van der Waals surface area contributed by atoms with Crippen molar-refractivity contribution in [3.63, 3.8) is 0 Å². The first-order valence-electron chi connectivity index (χ1n) is 7.08. The van der Waals surface area contributed by atoms with Gasteiger partial charge in [0.1, 0.15) is 0 Å². The average molecular weight is 314 g/mol. The zero-order valence-corrected chi connectivity index (χ0v) is 13.1. The highest BCUT2D eigenvalue weighted by molar-refractivity contribution is 7.07. The molecule has 0 amide bonds. The van der Waals surface area contributed by atoms with Gasteiger partial charge >= 0.3 is 0 Å². The second kappa shape index (κ2) is 6.83. The molecule has 3 aromatic heterocycles. The van der Waals surface area contributed by atoms with Gasteiger partial charge in [0, 0.05) is 49.9 Å². The summed E-state index contributed by atoms with van der Waals surface area (Å²) in [6, 6.07) is 5.85. The molecule has 0 aliphatic rings. The van der Waals surface area contributed by atoms with E-state index in [4.69, 9.17) is 0 Å². The number of hydrogen-bond donors (Lipinski definition) is 2. The van der Waals surface area contributed by atoms with Gasteiger partial charge in [0.25, 0.3) is 0 Å². The Balaban J connectivity index is 1.66. The highest BCUT2D eigenvalue weighted by Crippen LogP contribution is 2.21. The van der Waals surface area contributed by atoms with E-state index < -0.39 is 6.10 Å². The quantitative estimate of drug-likeness (QED) is 0.733. The van der Waals surface area contributed by atoms with E-state index in [9.17, 15) is 5.11 Å². The fourth-order valence-electron chi connectivity index (χ4n) is 2.35. The molecule has 6 heteroatoms. The van der Waals surface area contributed by atoms with Gasteiger partial charge in [0.2, 0.25) is 0 Å². The van der Waals surface area contributed by atoms with Crippen molar-refractivity contribution in [2.24, 2.45) is 7.05 Å². The van der Waals surface area contributed by atoms with Crippen molar-refractivity contribution in [1.82, 2.24) is 20.1 Å². The summed E-state index contributed by atoms with van der Waals surface area (Å²) in [5.41, 5.74) is 4.05. The summed E-state index contributed by atoms with van der Waals surface area (Å²) < 4.78 is 1.81. The van der Waals surface area contributed by atoms with Crippen LogP contribution in [0.15, 0.2) is 47.5 Å². The van der Waals surface area contributed by atoms with Crippen molar-refractivity contribution in [3.05, 3.63) is 58.7 Å². The zero-order valence-electron chi connectivity index (χ0n) is 12.3. The van der Waals surface area contributed by atoms with Gasteiger partial charge in [-0.15, -0.1) is 0 Å². The standard InChI is InChI=1S/C16H18N4OS/c1-20-10-14(16(19-20)12-2-5-17-6-3-12)8-18-9-15(21)13-4-7-22-11-13/h2-7,10-11,15,18,21H,8-9H2,1H3. The van der Waals surface area contributed by atoms with Crippen LogP contribution in [0.5, 0.6) is 0 Å². The molecular formula is C16H18N4OS. The molecule has 1 unspecified atom stereocenters.